The monoisotopic (exact) mass is 475 g/mol. The minimum Gasteiger partial charge on any atom is -0.406 e. The molecule has 0 aliphatic heterocycles. The first-order chi connectivity index (χ1) is 16.6. The van der Waals surface area contributed by atoms with Crippen molar-refractivity contribution in [2.75, 3.05) is 0 Å². The van der Waals surface area contributed by atoms with Gasteiger partial charge >= 0.3 is 6.36 Å². The minimum absolute atomic E-state index is 0.126. The Bertz CT molecular complexity index is 1610. The predicted molar refractivity (Wildman–Crippen MR) is 127 cm³/mol. The van der Waals surface area contributed by atoms with E-state index >= 15 is 0 Å². The molecule has 2 aromatic carbocycles. The molecule has 0 spiro atoms. The van der Waals surface area contributed by atoms with E-state index in [0.29, 0.717) is 22.4 Å². The summed E-state index contributed by atoms with van der Waals surface area (Å²) < 4.78 is 43.5. The number of benzene rings is 2. The fraction of sp³-hybridized carbons (Fsp3) is 0.192. The highest BCUT2D eigenvalue weighted by Gasteiger charge is 2.31. The van der Waals surface area contributed by atoms with Gasteiger partial charge in [-0.05, 0) is 62.6 Å². The highest BCUT2D eigenvalue weighted by atomic mass is 19.4. The Morgan fingerprint density at radius 3 is 2.60 bits per heavy atom. The maximum Gasteiger partial charge on any atom is 0.573 e. The summed E-state index contributed by atoms with van der Waals surface area (Å²) in [4.78, 5) is 16.7. The zero-order chi connectivity index (χ0) is 24.8. The fourth-order valence-electron chi connectivity index (χ4n) is 3.79. The first-order valence-electron chi connectivity index (χ1n) is 10.8. The quantitative estimate of drug-likeness (QED) is 0.317. The van der Waals surface area contributed by atoms with E-state index in [-0.39, 0.29) is 11.3 Å². The van der Waals surface area contributed by atoms with Gasteiger partial charge in [0.05, 0.1) is 23.6 Å². The lowest BCUT2D eigenvalue weighted by atomic mass is 10.1. The third kappa shape index (κ3) is 4.68. The fourth-order valence-corrected chi connectivity index (χ4v) is 3.79. The molecule has 0 aliphatic rings. The Balaban J connectivity index is 1.51. The molecule has 5 aromatic rings. The van der Waals surface area contributed by atoms with Gasteiger partial charge in [-0.3, -0.25) is 0 Å². The van der Waals surface area contributed by atoms with Gasteiger partial charge in [-0.15, -0.1) is 13.2 Å². The minimum atomic E-state index is -4.76. The van der Waals surface area contributed by atoms with E-state index in [4.69, 9.17) is 0 Å². The van der Waals surface area contributed by atoms with Crippen molar-refractivity contribution in [3.63, 3.8) is 0 Å². The number of nitrogens with one attached hydrogen (secondary N) is 1. The zero-order valence-electron chi connectivity index (χ0n) is 19.1. The van der Waals surface area contributed by atoms with Crippen LogP contribution in [0.15, 0.2) is 61.2 Å². The van der Waals surface area contributed by atoms with Crippen LogP contribution in [-0.4, -0.2) is 30.9 Å². The summed E-state index contributed by atoms with van der Waals surface area (Å²) in [5, 5.41) is 0. The van der Waals surface area contributed by atoms with Crippen LogP contribution >= 0.6 is 0 Å². The van der Waals surface area contributed by atoms with Gasteiger partial charge in [-0.2, -0.15) is 0 Å². The van der Waals surface area contributed by atoms with E-state index in [9.17, 15) is 13.2 Å². The van der Waals surface area contributed by atoms with Crippen LogP contribution in [0, 0.1) is 11.8 Å². The molecule has 176 valence electrons. The summed E-state index contributed by atoms with van der Waals surface area (Å²) in [5.74, 6) is 5.37. The molecule has 9 heteroatoms. The number of ether oxygens (including phenoxy) is 1. The van der Waals surface area contributed by atoms with Gasteiger partial charge in [0.25, 0.3) is 0 Å². The van der Waals surface area contributed by atoms with Crippen molar-refractivity contribution in [1.82, 2.24) is 24.5 Å². The van der Waals surface area contributed by atoms with Crippen molar-refractivity contribution < 1.29 is 17.9 Å². The second kappa shape index (κ2) is 8.17. The van der Waals surface area contributed by atoms with E-state index < -0.39 is 6.36 Å². The van der Waals surface area contributed by atoms with E-state index in [2.05, 4.69) is 67.9 Å². The topological polar surface area (TPSA) is 68.6 Å². The number of H-pyrrole nitrogens is 1. The number of nitrogens with zero attached hydrogens (tertiary/aromatic N) is 4. The molecule has 0 unspecified atom stereocenters. The maximum absolute atomic E-state index is 12.5. The molecular weight excluding hydrogens is 455 g/mol. The third-order valence-corrected chi connectivity index (χ3v) is 5.36. The Morgan fingerprint density at radius 1 is 1.00 bits per heavy atom. The number of fused-ring (bicyclic) bond motifs is 2. The highest BCUT2D eigenvalue weighted by Crippen LogP contribution is 2.31. The normalized spacial score (nSPS) is 12.1. The van der Waals surface area contributed by atoms with Crippen LogP contribution in [0.3, 0.4) is 0 Å². The van der Waals surface area contributed by atoms with Crippen LogP contribution in [-0.2, 0) is 5.54 Å². The Kier molecular flexibility index (Phi) is 5.24. The van der Waals surface area contributed by atoms with E-state index in [1.807, 2.05) is 24.7 Å². The largest absolute Gasteiger partial charge is 0.573 e. The van der Waals surface area contributed by atoms with Crippen molar-refractivity contribution in [1.29, 1.82) is 0 Å². The molecule has 0 radical (unpaired) electrons. The van der Waals surface area contributed by atoms with E-state index in [1.165, 1.54) is 24.4 Å². The number of imidazole rings is 1. The van der Waals surface area contributed by atoms with Gasteiger partial charge in [0, 0.05) is 22.9 Å². The van der Waals surface area contributed by atoms with Gasteiger partial charge in [-0.25, -0.2) is 15.0 Å². The number of hydrogen-bond acceptors (Lipinski definition) is 4. The molecule has 6 nitrogen and oxygen atoms in total. The molecule has 0 aliphatic carbocycles. The lowest BCUT2D eigenvalue weighted by Crippen LogP contribution is -2.20. The number of aromatic amines is 1. The summed E-state index contributed by atoms with van der Waals surface area (Å²) in [5.41, 5.74) is 5.60. The summed E-state index contributed by atoms with van der Waals surface area (Å²) >= 11 is 0. The summed E-state index contributed by atoms with van der Waals surface area (Å²) in [6.45, 7) is 6.36. The van der Waals surface area contributed by atoms with Crippen LogP contribution in [0.4, 0.5) is 13.2 Å². The number of halogens is 3. The maximum atomic E-state index is 12.5. The molecule has 1 N–H and O–H groups in total. The SMILES string of the molecule is CC(C)(C)n1cnc2ccc(-c3c[nH]c4ncc(C#Cc5cccc(OC(F)(F)F)c5)nc34)cc21. The number of hydrogen-bond donors (Lipinski definition) is 1. The smallest absolute Gasteiger partial charge is 0.406 e. The molecule has 0 atom stereocenters. The molecule has 3 heterocycles. The Morgan fingerprint density at radius 2 is 1.83 bits per heavy atom. The second-order valence-corrected chi connectivity index (χ2v) is 8.97. The van der Waals surface area contributed by atoms with E-state index in [0.717, 1.165) is 22.2 Å². The first kappa shape index (κ1) is 22.5. The molecule has 0 bridgehead atoms. The van der Waals surface area contributed by atoms with Crippen molar-refractivity contribution in [3.8, 4) is 28.7 Å². The summed E-state index contributed by atoms with van der Waals surface area (Å²) in [6.07, 6.45) is 0.440. The van der Waals surface area contributed by atoms with Gasteiger partial charge in [-0.1, -0.05) is 18.1 Å². The Labute approximate surface area is 198 Å². The average molecular weight is 475 g/mol. The predicted octanol–water partition coefficient (Wildman–Crippen LogP) is 6.03. The van der Waals surface area contributed by atoms with Crippen LogP contribution in [0.1, 0.15) is 32.0 Å². The molecular formula is C26H20F3N5O. The van der Waals surface area contributed by atoms with Crippen LogP contribution in [0.2, 0.25) is 0 Å². The first-order valence-corrected chi connectivity index (χ1v) is 10.8. The van der Waals surface area contributed by atoms with Crippen LogP contribution in [0.5, 0.6) is 5.75 Å². The Hall–Kier alpha value is -4.32. The second-order valence-electron chi connectivity index (χ2n) is 8.97. The van der Waals surface area contributed by atoms with Gasteiger partial charge in [0.15, 0.2) is 5.65 Å². The third-order valence-electron chi connectivity index (χ3n) is 5.36. The molecule has 3 aromatic heterocycles. The van der Waals surface area contributed by atoms with Crippen molar-refractivity contribution >= 4 is 22.2 Å². The number of rotatable bonds is 2. The van der Waals surface area contributed by atoms with Crippen LogP contribution in [0.25, 0.3) is 33.3 Å². The zero-order valence-corrected chi connectivity index (χ0v) is 19.1. The van der Waals surface area contributed by atoms with Gasteiger partial charge < -0.3 is 14.3 Å². The van der Waals surface area contributed by atoms with Crippen molar-refractivity contribution in [3.05, 3.63) is 72.4 Å². The highest BCUT2D eigenvalue weighted by molar-refractivity contribution is 5.93. The molecule has 35 heavy (non-hydrogen) atoms. The summed E-state index contributed by atoms with van der Waals surface area (Å²) in [7, 11) is 0. The van der Waals surface area contributed by atoms with Crippen LogP contribution < -0.4 is 4.74 Å². The van der Waals surface area contributed by atoms with E-state index in [1.54, 1.807) is 6.07 Å². The molecule has 0 saturated heterocycles. The molecule has 5 rings (SSSR count). The van der Waals surface area contributed by atoms with Gasteiger partial charge in [0.2, 0.25) is 0 Å². The van der Waals surface area contributed by atoms with Gasteiger partial charge in [0.1, 0.15) is 17.0 Å². The molecule has 0 saturated carbocycles. The van der Waals surface area contributed by atoms with Crippen molar-refractivity contribution in [2.45, 2.75) is 32.7 Å². The molecule has 0 amide bonds. The standard InChI is InChI=1S/C26H20F3N5O/c1-25(2,3)34-15-32-21-10-8-17(12-22(21)34)20-14-31-24-23(20)33-18(13-30-24)9-7-16-5-4-6-19(11-16)35-26(27,28)29/h4-6,8,10-15H,1-3H3,(H,30,31). The lowest BCUT2D eigenvalue weighted by molar-refractivity contribution is -0.274. The molecule has 0 fully saturated rings. The average Bonchev–Trinajstić information content (AvgIpc) is 3.40. The van der Waals surface area contributed by atoms with Crippen molar-refractivity contribution in [2.24, 2.45) is 0 Å². The lowest BCUT2D eigenvalue weighted by Gasteiger charge is -2.21. The number of aromatic nitrogens is 5. The summed E-state index contributed by atoms with van der Waals surface area (Å²) in [6, 6.07) is 11.5. The number of alkyl halides is 3.